The first-order chi connectivity index (χ1) is 8.97. The van der Waals surface area contributed by atoms with E-state index in [-0.39, 0.29) is 21.7 Å². The first-order valence-electron chi connectivity index (χ1n) is 5.06. The van der Waals surface area contributed by atoms with E-state index in [1.807, 2.05) is 0 Å². The highest BCUT2D eigenvalue weighted by Crippen LogP contribution is 2.30. The van der Waals surface area contributed by atoms with E-state index >= 15 is 0 Å². The maximum atomic E-state index is 13.5. The van der Waals surface area contributed by atoms with E-state index < -0.39 is 17.6 Å². The van der Waals surface area contributed by atoms with Crippen LogP contribution in [0.1, 0.15) is 14.5 Å². The van der Waals surface area contributed by atoms with Gasteiger partial charge in [-0.15, -0.1) is 11.3 Å². The maximum absolute atomic E-state index is 13.5. The van der Waals surface area contributed by atoms with Crippen LogP contribution in [-0.2, 0) is 6.61 Å². The van der Waals surface area contributed by atoms with E-state index in [4.69, 9.17) is 9.84 Å². The molecule has 100 valence electrons. The van der Waals surface area contributed by atoms with Crippen LogP contribution in [0, 0.1) is 11.6 Å². The van der Waals surface area contributed by atoms with Gasteiger partial charge in [-0.2, -0.15) is 0 Å². The van der Waals surface area contributed by atoms with Gasteiger partial charge in [-0.25, -0.2) is 13.6 Å². The number of rotatable bonds is 4. The fourth-order valence-corrected chi connectivity index (χ4v) is 2.66. The standard InChI is InChI=1S/C12H7BrF2O3S/c13-8-3-6(14)4-9(15)11(8)18-5-7-1-2-10(19-7)12(16)17/h1-4H,5H2,(H,16,17). The molecular formula is C12H7BrF2O3S. The summed E-state index contributed by atoms with van der Waals surface area (Å²) in [6.45, 7) is 0.0130. The van der Waals surface area contributed by atoms with Crippen molar-refractivity contribution in [1.82, 2.24) is 0 Å². The van der Waals surface area contributed by atoms with Crippen molar-refractivity contribution < 1.29 is 23.4 Å². The normalized spacial score (nSPS) is 10.5. The summed E-state index contributed by atoms with van der Waals surface area (Å²) in [6.07, 6.45) is 0. The van der Waals surface area contributed by atoms with Gasteiger partial charge in [0, 0.05) is 10.9 Å². The second-order valence-corrected chi connectivity index (χ2v) is 5.58. The highest BCUT2D eigenvalue weighted by Gasteiger charge is 2.12. The third kappa shape index (κ3) is 3.30. The topological polar surface area (TPSA) is 46.5 Å². The molecule has 0 amide bonds. The van der Waals surface area contributed by atoms with Crippen molar-refractivity contribution in [1.29, 1.82) is 0 Å². The number of ether oxygens (including phenoxy) is 1. The van der Waals surface area contributed by atoms with Gasteiger partial charge in [0.05, 0.1) is 4.47 Å². The zero-order valence-electron chi connectivity index (χ0n) is 9.32. The van der Waals surface area contributed by atoms with E-state index in [0.717, 1.165) is 23.5 Å². The molecule has 19 heavy (non-hydrogen) atoms. The summed E-state index contributed by atoms with van der Waals surface area (Å²) in [4.78, 5) is 11.5. The third-order valence-electron chi connectivity index (χ3n) is 2.19. The molecule has 0 radical (unpaired) electrons. The number of aromatic carboxylic acids is 1. The lowest BCUT2D eigenvalue weighted by atomic mass is 10.3. The molecule has 0 bridgehead atoms. The van der Waals surface area contributed by atoms with Crippen LogP contribution in [0.15, 0.2) is 28.7 Å². The van der Waals surface area contributed by atoms with Crippen LogP contribution in [0.2, 0.25) is 0 Å². The Balaban J connectivity index is 2.12. The summed E-state index contributed by atoms with van der Waals surface area (Å²) in [7, 11) is 0. The molecule has 0 atom stereocenters. The van der Waals surface area contributed by atoms with E-state index in [0.29, 0.717) is 4.88 Å². The lowest BCUT2D eigenvalue weighted by molar-refractivity contribution is 0.0702. The Morgan fingerprint density at radius 3 is 2.68 bits per heavy atom. The third-order valence-corrected chi connectivity index (χ3v) is 3.83. The first-order valence-corrected chi connectivity index (χ1v) is 6.67. The Kier molecular flexibility index (Phi) is 4.16. The monoisotopic (exact) mass is 348 g/mol. The molecule has 0 spiro atoms. The predicted molar refractivity (Wildman–Crippen MR) is 69.7 cm³/mol. The first kappa shape index (κ1) is 14.0. The van der Waals surface area contributed by atoms with Crippen LogP contribution >= 0.6 is 27.3 Å². The highest BCUT2D eigenvalue weighted by molar-refractivity contribution is 9.10. The molecule has 1 heterocycles. The molecule has 2 aromatic rings. The van der Waals surface area contributed by atoms with Gasteiger partial charge in [-0.05, 0) is 34.1 Å². The van der Waals surface area contributed by atoms with Gasteiger partial charge in [0.2, 0.25) is 0 Å². The molecule has 1 aromatic carbocycles. The summed E-state index contributed by atoms with van der Waals surface area (Å²) in [6, 6.07) is 4.85. The largest absolute Gasteiger partial charge is 0.484 e. The number of carboxylic acids is 1. The molecule has 0 saturated heterocycles. The fraction of sp³-hybridized carbons (Fsp3) is 0.0833. The molecule has 1 aromatic heterocycles. The maximum Gasteiger partial charge on any atom is 0.345 e. The van der Waals surface area contributed by atoms with Crippen LogP contribution in [0.5, 0.6) is 5.75 Å². The minimum absolute atomic E-state index is 0.0130. The number of thiophene rings is 1. The smallest absolute Gasteiger partial charge is 0.345 e. The number of benzene rings is 1. The van der Waals surface area contributed by atoms with Crippen molar-refractivity contribution in [2.45, 2.75) is 6.61 Å². The number of hydrogen-bond acceptors (Lipinski definition) is 3. The lowest BCUT2D eigenvalue weighted by Crippen LogP contribution is -1.97. The van der Waals surface area contributed by atoms with Gasteiger partial charge in [-0.3, -0.25) is 0 Å². The minimum Gasteiger partial charge on any atom is -0.484 e. The van der Waals surface area contributed by atoms with Crippen molar-refractivity contribution in [2.24, 2.45) is 0 Å². The zero-order valence-corrected chi connectivity index (χ0v) is 11.7. The fourth-order valence-electron chi connectivity index (χ4n) is 1.38. The quantitative estimate of drug-likeness (QED) is 0.905. The summed E-state index contributed by atoms with van der Waals surface area (Å²) in [5, 5.41) is 8.76. The predicted octanol–water partition coefficient (Wildman–Crippen LogP) is 4.07. The summed E-state index contributed by atoms with van der Waals surface area (Å²) >= 11 is 4.04. The van der Waals surface area contributed by atoms with Gasteiger partial charge in [0.1, 0.15) is 17.3 Å². The summed E-state index contributed by atoms with van der Waals surface area (Å²) in [5.74, 6) is -2.65. The van der Waals surface area contributed by atoms with Crippen molar-refractivity contribution in [3.8, 4) is 5.75 Å². The lowest BCUT2D eigenvalue weighted by Gasteiger charge is -2.08. The molecule has 0 aliphatic rings. The molecular weight excluding hydrogens is 342 g/mol. The minimum atomic E-state index is -1.02. The van der Waals surface area contributed by atoms with E-state index in [1.165, 1.54) is 6.07 Å². The van der Waals surface area contributed by atoms with Crippen LogP contribution < -0.4 is 4.74 Å². The number of hydrogen-bond donors (Lipinski definition) is 1. The second-order valence-electron chi connectivity index (χ2n) is 3.56. The van der Waals surface area contributed by atoms with E-state index in [2.05, 4.69) is 15.9 Å². The number of carbonyl (C=O) groups is 1. The van der Waals surface area contributed by atoms with Crippen LogP contribution in [0.3, 0.4) is 0 Å². The average Bonchev–Trinajstić information content (AvgIpc) is 2.76. The van der Waals surface area contributed by atoms with Crippen molar-refractivity contribution in [3.63, 3.8) is 0 Å². The number of halogens is 3. The zero-order chi connectivity index (χ0) is 14.0. The van der Waals surface area contributed by atoms with Gasteiger partial charge in [-0.1, -0.05) is 0 Å². The highest BCUT2D eigenvalue weighted by atomic mass is 79.9. The van der Waals surface area contributed by atoms with Crippen molar-refractivity contribution in [3.05, 3.63) is 50.1 Å². The van der Waals surface area contributed by atoms with Gasteiger partial charge in [0.15, 0.2) is 11.6 Å². The van der Waals surface area contributed by atoms with Gasteiger partial charge >= 0.3 is 5.97 Å². The second kappa shape index (κ2) is 5.66. The molecule has 0 aliphatic carbocycles. The van der Waals surface area contributed by atoms with Gasteiger partial charge in [0.25, 0.3) is 0 Å². The Morgan fingerprint density at radius 1 is 1.37 bits per heavy atom. The van der Waals surface area contributed by atoms with Crippen molar-refractivity contribution in [2.75, 3.05) is 0 Å². The van der Waals surface area contributed by atoms with Crippen molar-refractivity contribution >= 4 is 33.2 Å². The molecule has 2 rings (SSSR count). The molecule has 7 heteroatoms. The van der Waals surface area contributed by atoms with E-state index in [9.17, 15) is 13.6 Å². The summed E-state index contributed by atoms with van der Waals surface area (Å²) in [5.41, 5.74) is 0. The Hall–Kier alpha value is -1.47. The SMILES string of the molecule is O=C(O)c1ccc(COc2c(F)cc(F)cc2Br)s1. The number of carboxylic acid groups (broad SMARTS) is 1. The average molecular weight is 349 g/mol. The Morgan fingerprint density at radius 2 is 2.11 bits per heavy atom. The molecule has 1 N–H and O–H groups in total. The Bertz CT molecular complexity index is 604. The molecule has 0 fully saturated rings. The Labute approximate surface area is 119 Å². The molecule has 0 aliphatic heterocycles. The van der Waals surface area contributed by atoms with Crippen LogP contribution in [-0.4, -0.2) is 11.1 Å². The molecule has 0 unspecified atom stereocenters. The molecule has 3 nitrogen and oxygen atoms in total. The molecule has 0 saturated carbocycles. The van der Waals surface area contributed by atoms with Crippen LogP contribution in [0.25, 0.3) is 0 Å². The summed E-state index contributed by atoms with van der Waals surface area (Å²) < 4.78 is 31.7. The van der Waals surface area contributed by atoms with Crippen LogP contribution in [0.4, 0.5) is 8.78 Å². The van der Waals surface area contributed by atoms with Gasteiger partial charge < -0.3 is 9.84 Å². The van der Waals surface area contributed by atoms with E-state index in [1.54, 1.807) is 6.07 Å².